The first kappa shape index (κ1) is 23.5. The average molecular weight is 465 g/mol. The van der Waals surface area contributed by atoms with Gasteiger partial charge in [-0.25, -0.2) is 0 Å². The molecule has 0 N–H and O–H groups in total. The Morgan fingerprint density at radius 3 is 1.33 bits per heavy atom. The second-order valence-corrected chi connectivity index (χ2v) is 21.3. The molecule has 0 unspecified atom stereocenters. The van der Waals surface area contributed by atoms with Gasteiger partial charge in [-0.2, -0.15) is 0 Å². The highest BCUT2D eigenvalue weighted by Crippen LogP contribution is 2.33. The number of aryl methyl sites for hydroxylation is 1. The molecule has 0 aliphatic heterocycles. The molecule has 0 atom stereocenters. The van der Waals surface area contributed by atoms with Crippen molar-refractivity contribution in [3.8, 4) is 33.4 Å². The second-order valence-electron chi connectivity index (χ2n) is 11.3. The Morgan fingerprint density at radius 2 is 0.879 bits per heavy atom. The smallest absolute Gasteiger partial charge is 0.0656 e. The molecule has 4 aromatic carbocycles. The summed E-state index contributed by atoms with van der Waals surface area (Å²) >= 11 is 0. The van der Waals surface area contributed by atoms with Crippen LogP contribution >= 0.6 is 0 Å². The van der Waals surface area contributed by atoms with Gasteiger partial charge in [-0.1, -0.05) is 128 Å². The van der Waals surface area contributed by atoms with Crippen molar-refractivity contribution in [1.29, 1.82) is 0 Å². The Balaban J connectivity index is 2.03. The summed E-state index contributed by atoms with van der Waals surface area (Å²) in [4.78, 5) is 0. The number of hydrogen-bond acceptors (Lipinski definition) is 0. The molecule has 0 spiro atoms. The van der Waals surface area contributed by atoms with E-state index in [-0.39, 0.29) is 0 Å². The van der Waals surface area contributed by atoms with E-state index in [1.165, 1.54) is 49.3 Å². The Kier molecular flexibility index (Phi) is 6.35. The summed E-state index contributed by atoms with van der Waals surface area (Å²) in [6.45, 7) is 16.8. The number of rotatable bonds is 5. The lowest BCUT2D eigenvalue weighted by Gasteiger charge is -2.24. The lowest BCUT2D eigenvalue weighted by atomic mass is 9.93. The van der Waals surface area contributed by atoms with Crippen molar-refractivity contribution >= 4 is 26.5 Å². The van der Waals surface area contributed by atoms with Crippen LogP contribution in [-0.2, 0) is 0 Å². The fourth-order valence-corrected chi connectivity index (χ4v) is 7.97. The molecule has 0 fully saturated rings. The van der Waals surface area contributed by atoms with Crippen LogP contribution in [0.15, 0.2) is 91.0 Å². The largest absolute Gasteiger partial charge is 0.0784 e. The van der Waals surface area contributed by atoms with E-state index in [9.17, 15) is 0 Å². The van der Waals surface area contributed by atoms with Crippen LogP contribution in [0.2, 0.25) is 39.3 Å². The summed E-state index contributed by atoms with van der Waals surface area (Å²) in [5.74, 6) is 0. The summed E-state index contributed by atoms with van der Waals surface area (Å²) in [6.07, 6.45) is 0. The predicted molar refractivity (Wildman–Crippen MR) is 153 cm³/mol. The highest BCUT2D eigenvalue weighted by Gasteiger charge is 2.23. The maximum Gasteiger partial charge on any atom is 0.0784 e. The van der Waals surface area contributed by atoms with Gasteiger partial charge in [0.05, 0.1) is 16.1 Å². The highest BCUT2D eigenvalue weighted by atomic mass is 28.3. The van der Waals surface area contributed by atoms with Crippen molar-refractivity contribution in [2.75, 3.05) is 0 Å². The van der Waals surface area contributed by atoms with E-state index in [2.05, 4.69) is 137 Å². The van der Waals surface area contributed by atoms with Crippen molar-refractivity contribution < 1.29 is 0 Å². The van der Waals surface area contributed by atoms with Gasteiger partial charge in [0.15, 0.2) is 0 Å². The maximum absolute atomic E-state index is 2.44. The minimum atomic E-state index is -1.50. The SMILES string of the molecule is Cc1cccc(-c2cc(-c3ccccc3[Si](C)(C)C)cc(-c3ccccc3[Si](C)(C)C)c2)c1. The van der Waals surface area contributed by atoms with Crippen LogP contribution in [0.3, 0.4) is 0 Å². The van der Waals surface area contributed by atoms with Crippen molar-refractivity contribution in [2.24, 2.45) is 0 Å². The molecule has 0 saturated carbocycles. The van der Waals surface area contributed by atoms with Gasteiger partial charge in [0, 0.05) is 0 Å². The summed E-state index contributed by atoms with van der Waals surface area (Å²) in [6, 6.07) is 34.2. The molecule has 168 valence electrons. The first-order valence-corrected chi connectivity index (χ1v) is 19.0. The van der Waals surface area contributed by atoms with Gasteiger partial charge in [-0.3, -0.25) is 0 Å². The fourth-order valence-electron chi connectivity index (χ4n) is 4.71. The molecule has 0 radical (unpaired) electrons. The second kappa shape index (κ2) is 8.92. The average Bonchev–Trinajstić information content (AvgIpc) is 2.78. The van der Waals surface area contributed by atoms with Gasteiger partial charge in [0.1, 0.15) is 0 Å². The lowest BCUT2D eigenvalue weighted by molar-refractivity contribution is 1.46. The van der Waals surface area contributed by atoms with Gasteiger partial charge in [-0.05, 0) is 58.5 Å². The molecule has 4 rings (SSSR count). The molecule has 0 aliphatic carbocycles. The quantitative estimate of drug-likeness (QED) is 0.262. The van der Waals surface area contributed by atoms with E-state index < -0.39 is 16.1 Å². The van der Waals surface area contributed by atoms with Crippen LogP contribution in [0.4, 0.5) is 0 Å². The zero-order chi connectivity index (χ0) is 23.8. The van der Waals surface area contributed by atoms with Crippen LogP contribution in [0, 0.1) is 6.92 Å². The molecular weight excluding hydrogens is 429 g/mol. The van der Waals surface area contributed by atoms with Crippen molar-refractivity contribution in [3.05, 3.63) is 96.6 Å². The van der Waals surface area contributed by atoms with E-state index in [4.69, 9.17) is 0 Å². The van der Waals surface area contributed by atoms with E-state index in [1.807, 2.05) is 0 Å². The zero-order valence-corrected chi connectivity index (χ0v) is 23.2. The fraction of sp³-hybridized carbons (Fsp3) is 0.226. The molecule has 0 heterocycles. The Labute approximate surface area is 202 Å². The minimum Gasteiger partial charge on any atom is -0.0656 e. The topological polar surface area (TPSA) is 0 Å². The monoisotopic (exact) mass is 464 g/mol. The van der Waals surface area contributed by atoms with E-state index in [1.54, 1.807) is 0 Å². The molecule has 0 saturated heterocycles. The third kappa shape index (κ3) is 5.13. The van der Waals surface area contributed by atoms with Crippen molar-refractivity contribution in [2.45, 2.75) is 46.2 Å². The van der Waals surface area contributed by atoms with Crippen molar-refractivity contribution in [1.82, 2.24) is 0 Å². The molecule has 33 heavy (non-hydrogen) atoms. The van der Waals surface area contributed by atoms with Gasteiger partial charge < -0.3 is 0 Å². The van der Waals surface area contributed by atoms with Gasteiger partial charge in [0.2, 0.25) is 0 Å². The maximum atomic E-state index is 2.44. The molecule has 0 amide bonds. The zero-order valence-electron chi connectivity index (χ0n) is 21.2. The summed E-state index contributed by atoms with van der Waals surface area (Å²) in [5, 5.41) is 3.05. The highest BCUT2D eigenvalue weighted by molar-refractivity contribution is 6.90. The van der Waals surface area contributed by atoms with Crippen LogP contribution in [0.25, 0.3) is 33.4 Å². The van der Waals surface area contributed by atoms with Gasteiger partial charge in [0.25, 0.3) is 0 Å². The lowest BCUT2D eigenvalue weighted by Crippen LogP contribution is -2.39. The molecule has 0 aliphatic rings. The molecular formula is C31H36Si2. The third-order valence-corrected chi connectivity index (χ3v) is 10.5. The Hall–Kier alpha value is -2.69. The van der Waals surface area contributed by atoms with E-state index in [0.29, 0.717) is 0 Å². The summed E-state index contributed by atoms with van der Waals surface area (Å²) in [5.41, 5.74) is 9.30. The molecule has 0 aromatic heterocycles. The summed E-state index contributed by atoms with van der Waals surface area (Å²) in [7, 11) is -2.99. The summed E-state index contributed by atoms with van der Waals surface area (Å²) < 4.78 is 0. The molecule has 4 aromatic rings. The Bertz CT molecular complexity index is 1210. The Morgan fingerprint density at radius 1 is 0.424 bits per heavy atom. The third-order valence-electron chi connectivity index (χ3n) is 6.38. The normalized spacial score (nSPS) is 12.1. The molecule has 0 nitrogen and oxygen atoms in total. The van der Waals surface area contributed by atoms with Crippen molar-refractivity contribution in [3.63, 3.8) is 0 Å². The van der Waals surface area contributed by atoms with Crippen LogP contribution in [0.5, 0.6) is 0 Å². The van der Waals surface area contributed by atoms with E-state index in [0.717, 1.165) is 0 Å². The number of hydrogen-bond donors (Lipinski definition) is 0. The van der Waals surface area contributed by atoms with Crippen LogP contribution in [0.1, 0.15) is 5.56 Å². The predicted octanol–water partition coefficient (Wildman–Crippen LogP) is 8.09. The standard InChI is InChI=1S/C31H36Si2/c1-23-13-12-14-24(19-23)25-20-26(28-15-8-10-17-30(28)32(2,3)4)22-27(21-25)29-16-9-11-18-31(29)33(5,6)7/h8-22H,1-7H3. The van der Waals surface area contributed by atoms with Gasteiger partial charge >= 0.3 is 0 Å². The molecule has 2 heteroatoms. The minimum absolute atomic E-state index is 1.29. The van der Waals surface area contributed by atoms with Crippen LogP contribution < -0.4 is 10.4 Å². The first-order valence-electron chi connectivity index (χ1n) is 12.0. The van der Waals surface area contributed by atoms with Gasteiger partial charge in [-0.15, -0.1) is 0 Å². The first-order chi connectivity index (χ1) is 15.5. The number of benzene rings is 4. The van der Waals surface area contributed by atoms with E-state index >= 15 is 0 Å². The molecule has 0 bridgehead atoms. The van der Waals surface area contributed by atoms with Crippen LogP contribution in [-0.4, -0.2) is 16.1 Å².